The first-order chi connectivity index (χ1) is 12.7. The summed E-state index contributed by atoms with van der Waals surface area (Å²) >= 11 is 0. The summed E-state index contributed by atoms with van der Waals surface area (Å²) in [6, 6.07) is 10.6. The van der Waals surface area contributed by atoms with Crippen LogP contribution >= 0.6 is 0 Å². The van der Waals surface area contributed by atoms with Crippen LogP contribution in [0.1, 0.15) is 12.8 Å². The summed E-state index contributed by atoms with van der Waals surface area (Å²) in [6.45, 7) is 2.19. The first kappa shape index (κ1) is 16.7. The maximum atomic E-state index is 13.8. The third-order valence-corrected chi connectivity index (χ3v) is 4.62. The first-order valence-corrected chi connectivity index (χ1v) is 8.69. The van der Waals surface area contributed by atoms with E-state index in [1.165, 1.54) is 6.07 Å². The van der Waals surface area contributed by atoms with Gasteiger partial charge in [-0.25, -0.2) is 9.37 Å². The lowest BCUT2D eigenvalue weighted by Gasteiger charge is -2.29. The van der Waals surface area contributed by atoms with Gasteiger partial charge in [-0.3, -0.25) is 0 Å². The molecule has 3 aromatic rings. The van der Waals surface area contributed by atoms with Gasteiger partial charge in [0.1, 0.15) is 11.6 Å². The molecule has 1 N–H and O–H groups in total. The molecule has 1 aromatic carbocycles. The number of rotatable bonds is 4. The highest BCUT2D eigenvalue weighted by Gasteiger charge is 2.17. The molecule has 0 bridgehead atoms. The van der Waals surface area contributed by atoms with E-state index in [0.29, 0.717) is 23.1 Å². The van der Waals surface area contributed by atoms with Gasteiger partial charge in [0.2, 0.25) is 5.82 Å². The van der Waals surface area contributed by atoms with Gasteiger partial charge in [0.25, 0.3) is 5.89 Å². The number of nitrogens with zero attached hydrogens (tertiary/aromatic N) is 4. The predicted octanol–water partition coefficient (Wildman–Crippen LogP) is 3.44. The van der Waals surface area contributed by atoms with Gasteiger partial charge >= 0.3 is 0 Å². The van der Waals surface area contributed by atoms with Crippen LogP contribution in [0.3, 0.4) is 0 Å². The van der Waals surface area contributed by atoms with Crippen molar-refractivity contribution < 1.29 is 8.91 Å². The number of aromatic nitrogens is 3. The monoisotopic (exact) mass is 353 g/mol. The predicted molar refractivity (Wildman–Crippen MR) is 97.1 cm³/mol. The van der Waals surface area contributed by atoms with Gasteiger partial charge in [0.15, 0.2) is 0 Å². The van der Waals surface area contributed by atoms with E-state index in [0.717, 1.165) is 31.7 Å². The summed E-state index contributed by atoms with van der Waals surface area (Å²) in [4.78, 5) is 11.1. The fraction of sp³-hybridized carbons (Fsp3) is 0.316. The van der Waals surface area contributed by atoms with Crippen molar-refractivity contribution in [1.82, 2.24) is 20.0 Å². The Labute approximate surface area is 151 Å². The second-order valence-corrected chi connectivity index (χ2v) is 6.56. The molecule has 2 aromatic heterocycles. The number of hydrogen-bond donors (Lipinski definition) is 1. The van der Waals surface area contributed by atoms with Crippen LogP contribution in [0.5, 0.6) is 0 Å². The maximum absolute atomic E-state index is 13.8. The summed E-state index contributed by atoms with van der Waals surface area (Å²) in [7, 11) is 2.14. The standard InChI is InChI=1S/C19H20FN5O/c1-25-10-8-14(9-11-25)22-17-7-6-13(12-21-17)19-23-18(24-26-19)15-4-2-3-5-16(15)20/h2-7,12,14H,8-11H2,1H3,(H,21,22). The van der Waals surface area contributed by atoms with Crippen LogP contribution in [-0.2, 0) is 0 Å². The van der Waals surface area contributed by atoms with Crippen LogP contribution in [-0.4, -0.2) is 46.2 Å². The zero-order valence-corrected chi connectivity index (χ0v) is 14.5. The molecule has 0 amide bonds. The lowest BCUT2D eigenvalue weighted by Crippen LogP contribution is -2.36. The Balaban J connectivity index is 1.47. The summed E-state index contributed by atoms with van der Waals surface area (Å²) in [5, 5.41) is 7.34. The van der Waals surface area contributed by atoms with Crippen LogP contribution < -0.4 is 5.32 Å². The van der Waals surface area contributed by atoms with Crippen LogP contribution in [0.15, 0.2) is 47.1 Å². The van der Waals surface area contributed by atoms with Gasteiger partial charge in [0, 0.05) is 12.2 Å². The smallest absolute Gasteiger partial charge is 0.259 e. The van der Waals surface area contributed by atoms with Crippen molar-refractivity contribution in [2.45, 2.75) is 18.9 Å². The molecule has 1 aliphatic rings. The van der Waals surface area contributed by atoms with Gasteiger partial charge in [-0.2, -0.15) is 4.98 Å². The zero-order valence-electron chi connectivity index (χ0n) is 14.5. The van der Waals surface area contributed by atoms with Crippen molar-refractivity contribution in [2.24, 2.45) is 0 Å². The molecule has 0 spiro atoms. The average Bonchev–Trinajstić information content (AvgIpc) is 3.14. The molecule has 1 fully saturated rings. The number of piperidine rings is 1. The highest BCUT2D eigenvalue weighted by molar-refractivity contribution is 5.60. The van der Waals surface area contributed by atoms with Crippen LogP contribution in [0.4, 0.5) is 10.2 Å². The van der Waals surface area contributed by atoms with E-state index >= 15 is 0 Å². The quantitative estimate of drug-likeness (QED) is 0.775. The van der Waals surface area contributed by atoms with Crippen molar-refractivity contribution in [1.29, 1.82) is 0 Å². The normalized spacial score (nSPS) is 15.9. The number of anilines is 1. The number of benzene rings is 1. The minimum atomic E-state index is -0.379. The van der Waals surface area contributed by atoms with Crippen molar-refractivity contribution in [3.05, 3.63) is 48.4 Å². The Hall–Kier alpha value is -2.80. The highest BCUT2D eigenvalue weighted by atomic mass is 19.1. The molecule has 0 aliphatic carbocycles. The third-order valence-electron chi connectivity index (χ3n) is 4.62. The summed E-state index contributed by atoms with van der Waals surface area (Å²) in [5.74, 6) is 1.00. The highest BCUT2D eigenvalue weighted by Crippen LogP contribution is 2.24. The van der Waals surface area contributed by atoms with Gasteiger partial charge in [0.05, 0.1) is 11.1 Å². The minimum Gasteiger partial charge on any atom is -0.367 e. The lowest BCUT2D eigenvalue weighted by atomic mass is 10.1. The van der Waals surface area contributed by atoms with E-state index in [4.69, 9.17) is 4.52 Å². The van der Waals surface area contributed by atoms with Crippen LogP contribution in [0.25, 0.3) is 22.8 Å². The Morgan fingerprint density at radius 1 is 1.15 bits per heavy atom. The molecule has 1 aliphatic heterocycles. The minimum absolute atomic E-state index is 0.228. The summed E-state index contributed by atoms with van der Waals surface area (Å²) in [5.41, 5.74) is 1.02. The third kappa shape index (κ3) is 3.57. The van der Waals surface area contributed by atoms with Gasteiger partial charge in [-0.15, -0.1) is 0 Å². The average molecular weight is 353 g/mol. The van der Waals surface area contributed by atoms with Crippen LogP contribution in [0.2, 0.25) is 0 Å². The van der Waals surface area contributed by atoms with Crippen LogP contribution in [0, 0.1) is 5.82 Å². The van der Waals surface area contributed by atoms with Crippen molar-refractivity contribution >= 4 is 5.82 Å². The molecule has 6 nitrogen and oxygen atoms in total. The molecule has 26 heavy (non-hydrogen) atoms. The second kappa shape index (κ2) is 7.21. The number of nitrogens with one attached hydrogen (secondary N) is 1. The van der Waals surface area contributed by atoms with Crippen molar-refractivity contribution in [2.75, 3.05) is 25.5 Å². The Bertz CT molecular complexity index is 872. The van der Waals surface area contributed by atoms with Gasteiger partial charge < -0.3 is 14.7 Å². The zero-order chi connectivity index (χ0) is 17.9. The lowest BCUT2D eigenvalue weighted by molar-refractivity contribution is 0.263. The topological polar surface area (TPSA) is 67.1 Å². The summed E-state index contributed by atoms with van der Waals surface area (Å²) < 4.78 is 19.1. The van der Waals surface area contributed by atoms with E-state index in [1.807, 2.05) is 12.1 Å². The molecule has 134 valence electrons. The largest absolute Gasteiger partial charge is 0.367 e. The van der Waals surface area contributed by atoms with Crippen molar-refractivity contribution in [3.63, 3.8) is 0 Å². The first-order valence-electron chi connectivity index (χ1n) is 8.69. The molecule has 7 heteroatoms. The van der Waals surface area contributed by atoms with E-state index in [-0.39, 0.29) is 11.6 Å². The number of hydrogen-bond acceptors (Lipinski definition) is 6. The molecule has 3 heterocycles. The maximum Gasteiger partial charge on any atom is 0.259 e. The molecular formula is C19H20FN5O. The van der Waals surface area contributed by atoms with Crippen molar-refractivity contribution in [3.8, 4) is 22.8 Å². The second-order valence-electron chi connectivity index (χ2n) is 6.56. The molecule has 0 radical (unpaired) electrons. The Kier molecular flexibility index (Phi) is 4.62. The summed E-state index contributed by atoms with van der Waals surface area (Å²) in [6.07, 6.45) is 3.90. The van der Waals surface area contributed by atoms with Gasteiger partial charge in [-0.1, -0.05) is 17.3 Å². The SMILES string of the molecule is CN1CCC(Nc2ccc(-c3nc(-c4ccccc4F)no3)cn2)CC1. The van der Waals surface area contributed by atoms with E-state index in [1.54, 1.807) is 24.4 Å². The molecule has 0 atom stereocenters. The molecule has 1 saturated heterocycles. The fourth-order valence-electron chi connectivity index (χ4n) is 3.06. The number of pyridine rings is 1. The van der Waals surface area contributed by atoms with E-state index < -0.39 is 0 Å². The van der Waals surface area contributed by atoms with E-state index in [9.17, 15) is 4.39 Å². The Morgan fingerprint density at radius 2 is 1.96 bits per heavy atom. The van der Waals surface area contributed by atoms with E-state index in [2.05, 4.69) is 32.4 Å². The van der Waals surface area contributed by atoms with Gasteiger partial charge in [-0.05, 0) is 57.2 Å². The fourth-order valence-corrected chi connectivity index (χ4v) is 3.06. The number of halogens is 1. The molecule has 0 saturated carbocycles. The molecular weight excluding hydrogens is 333 g/mol. The molecule has 4 rings (SSSR count). The Morgan fingerprint density at radius 3 is 2.69 bits per heavy atom. The number of likely N-dealkylation sites (tertiary alicyclic amines) is 1. The molecule has 0 unspecified atom stereocenters.